The van der Waals surface area contributed by atoms with Gasteiger partial charge in [0.2, 0.25) is 5.91 Å². The number of carbonyl (C=O) groups is 2. The molecule has 3 heterocycles. The quantitative estimate of drug-likeness (QED) is 0.723. The molecule has 2 amide bonds. The smallest absolute Gasteiger partial charge is 0.261 e. The minimum atomic E-state index is -0.510. The van der Waals surface area contributed by atoms with Crippen LogP contribution in [0.4, 0.5) is 0 Å². The third-order valence-corrected chi connectivity index (χ3v) is 6.20. The number of amides is 2. The van der Waals surface area contributed by atoms with Crippen LogP contribution < -0.4 is 5.32 Å². The number of carbonyl (C=O) groups excluding carboxylic acids is 2. The van der Waals surface area contributed by atoms with Gasteiger partial charge in [-0.05, 0) is 48.8 Å². The number of hydrogen-bond donors (Lipinski definition) is 2. The molecule has 0 spiro atoms. The first-order valence-corrected chi connectivity index (χ1v) is 10.2. The fourth-order valence-electron chi connectivity index (χ4n) is 3.85. The largest absolute Gasteiger partial charge is 0.361 e. The maximum absolute atomic E-state index is 12.7. The van der Waals surface area contributed by atoms with Gasteiger partial charge in [-0.15, -0.1) is 11.3 Å². The normalized spacial score (nSPS) is 16.4. The zero-order chi connectivity index (χ0) is 18.8. The lowest BCUT2D eigenvalue weighted by Crippen LogP contribution is -2.49. The van der Waals surface area contributed by atoms with Gasteiger partial charge in [0.05, 0.1) is 4.88 Å². The average Bonchev–Trinajstić information content (AvgIpc) is 3.37. The highest BCUT2D eigenvalue weighted by molar-refractivity contribution is 7.12. The van der Waals surface area contributed by atoms with E-state index in [1.54, 1.807) is 13.0 Å². The molecule has 1 aliphatic heterocycles. The SMILES string of the molecule is CC(NC(=O)c1cccs1)C(=O)N1CCC(c2c[nH]c3ccccc23)CC1. The number of rotatable bonds is 4. The van der Waals surface area contributed by atoms with Crippen molar-refractivity contribution in [3.05, 3.63) is 58.4 Å². The van der Waals surface area contributed by atoms with Crippen molar-refractivity contribution in [1.29, 1.82) is 0 Å². The second-order valence-electron chi connectivity index (χ2n) is 7.06. The zero-order valence-corrected chi connectivity index (χ0v) is 16.1. The van der Waals surface area contributed by atoms with E-state index in [4.69, 9.17) is 0 Å². The summed E-state index contributed by atoms with van der Waals surface area (Å²) in [6.45, 7) is 3.21. The number of H-pyrrole nitrogens is 1. The Hall–Kier alpha value is -2.60. The van der Waals surface area contributed by atoms with Crippen molar-refractivity contribution in [2.24, 2.45) is 0 Å². The predicted molar refractivity (Wildman–Crippen MR) is 108 cm³/mol. The summed E-state index contributed by atoms with van der Waals surface area (Å²) >= 11 is 1.38. The van der Waals surface area contributed by atoms with E-state index in [1.165, 1.54) is 22.3 Å². The average molecular weight is 382 g/mol. The van der Waals surface area contributed by atoms with E-state index in [1.807, 2.05) is 22.4 Å². The van der Waals surface area contributed by atoms with E-state index < -0.39 is 6.04 Å². The van der Waals surface area contributed by atoms with Crippen LogP contribution in [0.1, 0.15) is 40.9 Å². The van der Waals surface area contributed by atoms with Gasteiger partial charge in [-0.25, -0.2) is 0 Å². The standard InChI is InChI=1S/C21H23N3O2S/c1-14(23-20(25)19-7-4-12-27-19)21(26)24-10-8-15(9-11-24)17-13-22-18-6-3-2-5-16(17)18/h2-7,12-15,22H,8-11H2,1H3,(H,23,25). The van der Waals surface area contributed by atoms with Gasteiger partial charge >= 0.3 is 0 Å². The van der Waals surface area contributed by atoms with E-state index in [9.17, 15) is 9.59 Å². The minimum absolute atomic E-state index is 0.00252. The number of hydrogen-bond acceptors (Lipinski definition) is 3. The Morgan fingerprint density at radius 2 is 1.96 bits per heavy atom. The predicted octanol–water partition coefficient (Wildman–Crippen LogP) is 3.75. The summed E-state index contributed by atoms with van der Waals surface area (Å²) in [5.41, 5.74) is 2.51. The van der Waals surface area contributed by atoms with E-state index in [2.05, 4.69) is 34.7 Å². The molecule has 6 heteroatoms. The number of benzene rings is 1. The second kappa shape index (κ2) is 7.56. The minimum Gasteiger partial charge on any atom is -0.361 e. The summed E-state index contributed by atoms with van der Waals surface area (Å²) in [7, 11) is 0. The van der Waals surface area contributed by atoms with Crippen molar-refractivity contribution in [1.82, 2.24) is 15.2 Å². The molecule has 0 radical (unpaired) electrons. The number of aromatic nitrogens is 1. The molecule has 0 aliphatic carbocycles. The van der Waals surface area contributed by atoms with Gasteiger partial charge in [0.25, 0.3) is 5.91 Å². The number of fused-ring (bicyclic) bond motifs is 1. The highest BCUT2D eigenvalue weighted by Gasteiger charge is 2.28. The molecule has 1 unspecified atom stereocenters. The van der Waals surface area contributed by atoms with E-state index in [-0.39, 0.29) is 11.8 Å². The molecule has 0 bridgehead atoms. The fourth-order valence-corrected chi connectivity index (χ4v) is 4.48. The molecular formula is C21H23N3O2S. The molecule has 0 saturated carbocycles. The van der Waals surface area contributed by atoms with Gasteiger partial charge in [0, 0.05) is 30.2 Å². The number of nitrogens with zero attached hydrogens (tertiary/aromatic N) is 1. The van der Waals surface area contributed by atoms with Crippen molar-refractivity contribution in [3.63, 3.8) is 0 Å². The summed E-state index contributed by atoms with van der Waals surface area (Å²) in [5.74, 6) is 0.276. The molecule has 4 rings (SSSR count). The number of para-hydroxylation sites is 1. The van der Waals surface area contributed by atoms with Crippen LogP contribution in [0.15, 0.2) is 48.0 Å². The van der Waals surface area contributed by atoms with Crippen molar-refractivity contribution in [2.45, 2.75) is 31.7 Å². The van der Waals surface area contributed by atoms with Crippen LogP contribution in [0, 0.1) is 0 Å². The van der Waals surface area contributed by atoms with Gasteiger partial charge in [-0.3, -0.25) is 9.59 Å². The lowest BCUT2D eigenvalue weighted by molar-refractivity contribution is -0.133. The first kappa shape index (κ1) is 17.8. The number of nitrogens with one attached hydrogen (secondary N) is 2. The molecule has 5 nitrogen and oxygen atoms in total. The van der Waals surface area contributed by atoms with Gasteiger partial charge in [-0.1, -0.05) is 24.3 Å². The summed E-state index contributed by atoms with van der Waals surface area (Å²) in [6, 6.07) is 11.4. The number of likely N-dealkylation sites (tertiary alicyclic amines) is 1. The Kier molecular flexibility index (Phi) is 4.99. The number of thiophene rings is 1. The van der Waals surface area contributed by atoms with Crippen molar-refractivity contribution in [2.75, 3.05) is 13.1 Å². The summed E-state index contributed by atoms with van der Waals surface area (Å²) in [5, 5.41) is 5.95. The van der Waals surface area contributed by atoms with Gasteiger partial charge in [-0.2, -0.15) is 0 Å². The van der Waals surface area contributed by atoms with Crippen LogP contribution in [0.25, 0.3) is 10.9 Å². The molecule has 1 aromatic carbocycles. The molecule has 27 heavy (non-hydrogen) atoms. The molecule has 1 saturated heterocycles. The Balaban J connectivity index is 1.36. The summed E-state index contributed by atoms with van der Waals surface area (Å²) in [4.78, 5) is 30.7. The topological polar surface area (TPSA) is 65.2 Å². The van der Waals surface area contributed by atoms with Crippen molar-refractivity contribution < 1.29 is 9.59 Å². The Labute approximate surface area is 162 Å². The summed E-state index contributed by atoms with van der Waals surface area (Å²) in [6.07, 6.45) is 4.00. The van der Waals surface area contributed by atoms with Crippen molar-refractivity contribution in [3.8, 4) is 0 Å². The maximum atomic E-state index is 12.7. The Bertz CT molecular complexity index is 939. The molecule has 1 atom stereocenters. The number of aromatic amines is 1. The first-order chi connectivity index (χ1) is 13.1. The Morgan fingerprint density at radius 1 is 1.19 bits per heavy atom. The Morgan fingerprint density at radius 3 is 2.70 bits per heavy atom. The maximum Gasteiger partial charge on any atom is 0.261 e. The first-order valence-electron chi connectivity index (χ1n) is 9.32. The van der Waals surface area contributed by atoms with Crippen LogP contribution in [-0.4, -0.2) is 40.8 Å². The van der Waals surface area contributed by atoms with Crippen LogP contribution in [0.2, 0.25) is 0 Å². The highest BCUT2D eigenvalue weighted by Crippen LogP contribution is 2.33. The molecular weight excluding hydrogens is 358 g/mol. The van der Waals surface area contributed by atoms with E-state index >= 15 is 0 Å². The highest BCUT2D eigenvalue weighted by atomic mass is 32.1. The second-order valence-corrected chi connectivity index (χ2v) is 8.01. The number of piperidine rings is 1. The monoisotopic (exact) mass is 381 g/mol. The zero-order valence-electron chi connectivity index (χ0n) is 15.3. The molecule has 2 N–H and O–H groups in total. The van der Waals surface area contributed by atoms with Gasteiger partial charge in [0.15, 0.2) is 0 Å². The lowest BCUT2D eigenvalue weighted by atomic mass is 9.89. The molecule has 1 fully saturated rings. The van der Waals surface area contributed by atoms with Crippen LogP contribution in [0.5, 0.6) is 0 Å². The van der Waals surface area contributed by atoms with Crippen LogP contribution in [-0.2, 0) is 4.79 Å². The molecule has 1 aliphatic rings. The third-order valence-electron chi connectivity index (χ3n) is 5.33. The lowest BCUT2D eigenvalue weighted by Gasteiger charge is -2.33. The van der Waals surface area contributed by atoms with Crippen LogP contribution in [0.3, 0.4) is 0 Å². The molecule has 2 aromatic heterocycles. The van der Waals surface area contributed by atoms with Crippen LogP contribution >= 0.6 is 11.3 Å². The molecule has 140 valence electrons. The third kappa shape index (κ3) is 3.62. The molecule has 3 aromatic rings. The van der Waals surface area contributed by atoms with E-state index in [0.29, 0.717) is 10.8 Å². The van der Waals surface area contributed by atoms with Gasteiger partial charge < -0.3 is 15.2 Å². The van der Waals surface area contributed by atoms with Gasteiger partial charge in [0.1, 0.15) is 6.04 Å². The van der Waals surface area contributed by atoms with Crippen molar-refractivity contribution >= 4 is 34.1 Å². The van der Waals surface area contributed by atoms with E-state index in [0.717, 1.165) is 31.4 Å². The fraction of sp³-hybridized carbons (Fsp3) is 0.333. The summed E-state index contributed by atoms with van der Waals surface area (Å²) < 4.78 is 0.